The lowest BCUT2D eigenvalue weighted by Crippen LogP contribution is -2.44. The van der Waals surface area contributed by atoms with E-state index in [2.05, 4.69) is 26.9 Å². The lowest BCUT2D eigenvalue weighted by Gasteiger charge is -2.35. The average molecular weight is 497 g/mol. The fraction of sp³-hybridized carbons (Fsp3) is 0.269. The number of sulfonamides is 1. The summed E-state index contributed by atoms with van der Waals surface area (Å²) in [7, 11) is -1.85. The zero-order chi connectivity index (χ0) is 25.2. The average Bonchev–Trinajstić information content (AvgIpc) is 2.81. The topological polar surface area (TPSA) is 81.7 Å². The van der Waals surface area contributed by atoms with Crippen molar-refractivity contribution in [1.82, 2.24) is 4.90 Å². The molecule has 4 rings (SSSR count). The monoisotopic (exact) mass is 496 g/mol. The molecule has 0 saturated carbocycles. The molecule has 7 nitrogen and oxygen atoms in total. The number of hydrogen-bond donors (Lipinski definition) is 2. The van der Waals surface area contributed by atoms with Gasteiger partial charge < -0.3 is 15.1 Å². The van der Waals surface area contributed by atoms with Crippen molar-refractivity contribution in [2.24, 2.45) is 0 Å². The lowest BCUT2D eigenvalue weighted by molar-refractivity contribution is 0.102. The molecule has 1 aliphatic rings. The molecule has 0 unspecified atom stereocenters. The van der Waals surface area contributed by atoms with Crippen LogP contribution in [0, 0.1) is 19.7 Å². The number of likely N-dealkylation sites (N-methyl/N-ethyl adjacent to an activating group) is 1. The third-order valence-electron chi connectivity index (χ3n) is 6.16. The Bertz CT molecular complexity index is 1340. The predicted molar refractivity (Wildman–Crippen MR) is 137 cm³/mol. The summed E-state index contributed by atoms with van der Waals surface area (Å²) in [5.74, 6) is -0.859. The summed E-state index contributed by atoms with van der Waals surface area (Å²) in [6.07, 6.45) is 0. The molecule has 1 saturated heterocycles. The molecule has 9 heteroatoms. The van der Waals surface area contributed by atoms with Gasteiger partial charge in [-0.15, -0.1) is 0 Å². The van der Waals surface area contributed by atoms with Gasteiger partial charge in [0.2, 0.25) is 0 Å². The SMILES string of the molecule is Cc1ccc(S(=O)(=O)Nc2ccc(F)cc2)cc1C(=O)Nc1ccc(N2CCN(C)CC2)c(C)c1. The second kappa shape index (κ2) is 10.1. The highest BCUT2D eigenvalue weighted by Crippen LogP contribution is 2.26. The number of amides is 1. The summed E-state index contributed by atoms with van der Waals surface area (Å²) in [5, 5.41) is 2.89. The molecule has 35 heavy (non-hydrogen) atoms. The quantitative estimate of drug-likeness (QED) is 0.533. The highest BCUT2D eigenvalue weighted by Gasteiger charge is 2.20. The summed E-state index contributed by atoms with van der Waals surface area (Å²) in [6, 6.07) is 15.2. The van der Waals surface area contributed by atoms with Crippen molar-refractivity contribution in [3.05, 3.63) is 83.2 Å². The molecule has 0 radical (unpaired) electrons. The van der Waals surface area contributed by atoms with Gasteiger partial charge in [0.25, 0.3) is 15.9 Å². The number of halogens is 1. The summed E-state index contributed by atoms with van der Waals surface area (Å²) in [4.78, 5) is 17.6. The highest BCUT2D eigenvalue weighted by atomic mass is 32.2. The fourth-order valence-corrected chi connectivity index (χ4v) is 5.16. The molecule has 1 fully saturated rings. The van der Waals surface area contributed by atoms with Crippen LogP contribution in [0.4, 0.5) is 21.5 Å². The first-order valence-corrected chi connectivity index (χ1v) is 12.9. The van der Waals surface area contributed by atoms with Crippen molar-refractivity contribution in [2.45, 2.75) is 18.7 Å². The van der Waals surface area contributed by atoms with Crippen LogP contribution in [0.2, 0.25) is 0 Å². The Hall–Kier alpha value is -3.43. The van der Waals surface area contributed by atoms with E-state index in [1.807, 2.05) is 25.1 Å². The standard InChI is InChI=1S/C26H29FN4O3S/c1-18-4-10-23(35(33,34)29-21-7-5-20(27)6-8-21)17-24(18)26(32)28-22-9-11-25(19(2)16-22)31-14-12-30(3)13-15-31/h4-11,16-17,29H,12-15H2,1-3H3,(H,28,32). The first-order chi connectivity index (χ1) is 16.6. The molecule has 0 aromatic heterocycles. The predicted octanol–water partition coefficient (Wildman–Crippen LogP) is 4.25. The van der Waals surface area contributed by atoms with Gasteiger partial charge in [-0.2, -0.15) is 0 Å². The summed E-state index contributed by atoms with van der Waals surface area (Å²) >= 11 is 0. The highest BCUT2D eigenvalue weighted by molar-refractivity contribution is 7.92. The number of piperazine rings is 1. The van der Waals surface area contributed by atoms with Crippen LogP contribution in [0.25, 0.3) is 0 Å². The van der Waals surface area contributed by atoms with Crippen LogP contribution in [-0.4, -0.2) is 52.5 Å². The number of anilines is 3. The van der Waals surface area contributed by atoms with Gasteiger partial charge in [0.1, 0.15) is 5.82 Å². The minimum absolute atomic E-state index is 0.0563. The maximum atomic E-state index is 13.1. The molecular formula is C26H29FN4O3S. The molecule has 1 amide bonds. The minimum Gasteiger partial charge on any atom is -0.369 e. The Morgan fingerprint density at radius 1 is 0.857 bits per heavy atom. The molecule has 184 valence electrons. The van der Waals surface area contributed by atoms with E-state index in [4.69, 9.17) is 0 Å². The Morgan fingerprint density at radius 2 is 1.51 bits per heavy atom. The Labute approximate surface area is 205 Å². The van der Waals surface area contributed by atoms with Crippen LogP contribution in [0.15, 0.2) is 65.6 Å². The van der Waals surface area contributed by atoms with E-state index in [-0.39, 0.29) is 16.1 Å². The van der Waals surface area contributed by atoms with Gasteiger partial charge in [0.15, 0.2) is 0 Å². The summed E-state index contributed by atoms with van der Waals surface area (Å²) in [5.41, 5.74) is 3.98. The molecule has 3 aromatic carbocycles. The number of carbonyl (C=O) groups excluding carboxylic acids is 1. The van der Waals surface area contributed by atoms with Gasteiger partial charge in [-0.25, -0.2) is 12.8 Å². The van der Waals surface area contributed by atoms with E-state index in [1.165, 1.54) is 36.4 Å². The zero-order valence-corrected chi connectivity index (χ0v) is 20.8. The third-order valence-corrected chi connectivity index (χ3v) is 7.54. The smallest absolute Gasteiger partial charge is 0.261 e. The third kappa shape index (κ3) is 5.80. The van der Waals surface area contributed by atoms with Gasteiger partial charge >= 0.3 is 0 Å². The molecule has 1 heterocycles. The van der Waals surface area contributed by atoms with Crippen LogP contribution in [0.5, 0.6) is 0 Å². The minimum atomic E-state index is -3.96. The maximum absolute atomic E-state index is 13.1. The molecule has 1 aliphatic heterocycles. The van der Waals surface area contributed by atoms with Crippen LogP contribution < -0.4 is 14.9 Å². The second-order valence-corrected chi connectivity index (χ2v) is 10.5. The Balaban J connectivity index is 1.51. The zero-order valence-electron chi connectivity index (χ0n) is 20.0. The first kappa shape index (κ1) is 24.7. The first-order valence-electron chi connectivity index (χ1n) is 11.4. The number of nitrogens with zero attached hydrogens (tertiary/aromatic N) is 2. The Kier molecular flexibility index (Phi) is 7.09. The van der Waals surface area contributed by atoms with E-state index >= 15 is 0 Å². The van der Waals surface area contributed by atoms with Crippen molar-refractivity contribution >= 4 is 33.0 Å². The molecule has 3 aromatic rings. The molecule has 0 spiro atoms. The maximum Gasteiger partial charge on any atom is 0.261 e. The van der Waals surface area contributed by atoms with Gasteiger partial charge in [0, 0.05) is 48.8 Å². The summed E-state index contributed by atoms with van der Waals surface area (Å²) in [6.45, 7) is 7.69. The van der Waals surface area contributed by atoms with Gasteiger partial charge in [-0.1, -0.05) is 6.07 Å². The molecule has 0 bridgehead atoms. The van der Waals surface area contributed by atoms with Crippen molar-refractivity contribution in [3.8, 4) is 0 Å². The van der Waals surface area contributed by atoms with Crippen molar-refractivity contribution in [2.75, 3.05) is 48.2 Å². The van der Waals surface area contributed by atoms with Gasteiger partial charge in [-0.05, 0) is 86.6 Å². The molecule has 0 aliphatic carbocycles. The fourth-order valence-electron chi connectivity index (χ4n) is 4.08. The van der Waals surface area contributed by atoms with E-state index in [0.717, 1.165) is 37.4 Å². The van der Waals surface area contributed by atoms with Crippen LogP contribution in [-0.2, 0) is 10.0 Å². The van der Waals surface area contributed by atoms with Crippen molar-refractivity contribution in [1.29, 1.82) is 0 Å². The van der Waals surface area contributed by atoms with E-state index < -0.39 is 21.7 Å². The van der Waals surface area contributed by atoms with Crippen LogP contribution in [0.1, 0.15) is 21.5 Å². The largest absolute Gasteiger partial charge is 0.369 e. The Morgan fingerprint density at radius 3 is 2.17 bits per heavy atom. The van der Waals surface area contributed by atoms with Crippen LogP contribution in [0.3, 0.4) is 0 Å². The number of nitrogens with one attached hydrogen (secondary N) is 2. The second-order valence-electron chi connectivity index (χ2n) is 8.83. The molecule has 0 atom stereocenters. The number of aryl methyl sites for hydroxylation is 2. The normalized spacial score (nSPS) is 14.6. The molecular weight excluding hydrogens is 467 g/mol. The number of carbonyl (C=O) groups is 1. The van der Waals surface area contributed by atoms with Crippen molar-refractivity contribution in [3.63, 3.8) is 0 Å². The number of benzene rings is 3. The van der Waals surface area contributed by atoms with Gasteiger partial charge in [-0.3, -0.25) is 9.52 Å². The van der Waals surface area contributed by atoms with Crippen LogP contribution >= 0.6 is 0 Å². The summed E-state index contributed by atoms with van der Waals surface area (Å²) < 4.78 is 41.2. The number of rotatable bonds is 6. The van der Waals surface area contributed by atoms with E-state index in [1.54, 1.807) is 13.0 Å². The van der Waals surface area contributed by atoms with Gasteiger partial charge in [0.05, 0.1) is 4.90 Å². The molecule has 2 N–H and O–H groups in total. The lowest BCUT2D eigenvalue weighted by atomic mass is 10.1. The van der Waals surface area contributed by atoms with Crippen molar-refractivity contribution < 1.29 is 17.6 Å². The van der Waals surface area contributed by atoms with E-state index in [9.17, 15) is 17.6 Å². The number of hydrogen-bond acceptors (Lipinski definition) is 5. The van der Waals surface area contributed by atoms with E-state index in [0.29, 0.717) is 11.3 Å².